The summed E-state index contributed by atoms with van der Waals surface area (Å²) >= 11 is 0. The van der Waals surface area contributed by atoms with E-state index in [4.69, 9.17) is 10.5 Å². The van der Waals surface area contributed by atoms with Gasteiger partial charge in [0, 0.05) is 25.9 Å². The van der Waals surface area contributed by atoms with Gasteiger partial charge in [0.25, 0.3) is 0 Å². The van der Waals surface area contributed by atoms with E-state index in [1.165, 1.54) is 17.5 Å². The lowest BCUT2D eigenvalue weighted by atomic mass is 10.2. The summed E-state index contributed by atoms with van der Waals surface area (Å²) in [6.45, 7) is 6.18. The minimum Gasteiger partial charge on any atom is -0.399 e. The molecule has 6 heteroatoms. The Morgan fingerprint density at radius 1 is 1.47 bits per heavy atom. The van der Waals surface area contributed by atoms with Crippen LogP contribution in [0, 0.1) is 6.92 Å². The summed E-state index contributed by atoms with van der Waals surface area (Å²) < 4.78 is 31.4. The van der Waals surface area contributed by atoms with Crippen LogP contribution in [0.25, 0.3) is 0 Å². The number of benzene rings is 1. The number of rotatable bonds is 7. The zero-order valence-electron chi connectivity index (χ0n) is 11.3. The third-order valence-electron chi connectivity index (χ3n) is 2.69. The van der Waals surface area contributed by atoms with Crippen molar-refractivity contribution in [1.82, 2.24) is 4.31 Å². The van der Waals surface area contributed by atoms with Crippen LogP contribution < -0.4 is 5.73 Å². The lowest BCUT2D eigenvalue weighted by Gasteiger charge is -2.21. The van der Waals surface area contributed by atoms with Crippen LogP contribution in [0.4, 0.5) is 5.69 Å². The zero-order chi connectivity index (χ0) is 14.5. The minimum atomic E-state index is -3.56. The van der Waals surface area contributed by atoms with Crippen LogP contribution in [0.5, 0.6) is 0 Å². The number of hydrogen-bond acceptors (Lipinski definition) is 4. The first-order valence-electron chi connectivity index (χ1n) is 5.89. The van der Waals surface area contributed by atoms with Crippen LogP contribution >= 0.6 is 0 Å². The van der Waals surface area contributed by atoms with Gasteiger partial charge in [0.05, 0.1) is 11.5 Å². The van der Waals surface area contributed by atoms with E-state index in [2.05, 4.69) is 6.58 Å². The van der Waals surface area contributed by atoms with Gasteiger partial charge in [-0.1, -0.05) is 6.08 Å². The van der Waals surface area contributed by atoms with E-state index < -0.39 is 10.0 Å². The Morgan fingerprint density at radius 2 is 2.16 bits per heavy atom. The van der Waals surface area contributed by atoms with Crippen molar-refractivity contribution in [3.8, 4) is 0 Å². The molecule has 0 saturated heterocycles. The Morgan fingerprint density at radius 3 is 2.68 bits per heavy atom. The summed E-state index contributed by atoms with van der Waals surface area (Å²) in [5, 5.41) is 0. The molecule has 19 heavy (non-hydrogen) atoms. The Hall–Kier alpha value is -1.37. The van der Waals surface area contributed by atoms with Crippen molar-refractivity contribution in [2.75, 3.05) is 32.5 Å². The Labute approximate surface area is 114 Å². The van der Waals surface area contributed by atoms with Gasteiger partial charge in [-0.15, -0.1) is 6.58 Å². The molecule has 0 atom stereocenters. The van der Waals surface area contributed by atoms with Gasteiger partial charge in [-0.3, -0.25) is 0 Å². The largest absolute Gasteiger partial charge is 0.399 e. The molecule has 0 saturated carbocycles. The SMILES string of the molecule is C=CCN(CCOC)S(=O)(=O)c1ccc(N)cc1C. The number of aryl methyl sites for hydroxylation is 1. The molecular weight excluding hydrogens is 264 g/mol. The maximum atomic E-state index is 12.5. The Balaban J connectivity index is 3.14. The zero-order valence-corrected chi connectivity index (χ0v) is 12.1. The average Bonchev–Trinajstić information content (AvgIpc) is 2.33. The highest BCUT2D eigenvalue weighted by atomic mass is 32.2. The van der Waals surface area contributed by atoms with Crippen molar-refractivity contribution in [2.45, 2.75) is 11.8 Å². The molecule has 0 aromatic heterocycles. The predicted molar refractivity (Wildman–Crippen MR) is 76.4 cm³/mol. The lowest BCUT2D eigenvalue weighted by molar-refractivity contribution is 0.182. The summed E-state index contributed by atoms with van der Waals surface area (Å²) in [5.41, 5.74) is 6.82. The number of sulfonamides is 1. The van der Waals surface area contributed by atoms with Crippen molar-refractivity contribution in [1.29, 1.82) is 0 Å². The molecule has 0 unspecified atom stereocenters. The van der Waals surface area contributed by atoms with Crippen molar-refractivity contribution in [3.63, 3.8) is 0 Å². The van der Waals surface area contributed by atoms with Gasteiger partial charge in [0.2, 0.25) is 10.0 Å². The number of ether oxygens (including phenoxy) is 1. The first kappa shape index (κ1) is 15.7. The van der Waals surface area contributed by atoms with Gasteiger partial charge < -0.3 is 10.5 Å². The molecule has 1 aromatic carbocycles. The van der Waals surface area contributed by atoms with Gasteiger partial charge in [0.15, 0.2) is 0 Å². The molecule has 0 heterocycles. The van der Waals surface area contributed by atoms with E-state index in [9.17, 15) is 8.42 Å². The molecule has 5 nitrogen and oxygen atoms in total. The Bertz CT molecular complexity index is 541. The van der Waals surface area contributed by atoms with Crippen molar-refractivity contribution in [3.05, 3.63) is 36.4 Å². The van der Waals surface area contributed by atoms with Crippen LogP contribution in [-0.2, 0) is 14.8 Å². The monoisotopic (exact) mass is 284 g/mol. The molecule has 0 radical (unpaired) electrons. The predicted octanol–water partition coefficient (Wildman–Crippen LogP) is 1.40. The number of anilines is 1. The summed E-state index contributed by atoms with van der Waals surface area (Å²) in [5.74, 6) is 0. The fraction of sp³-hybridized carbons (Fsp3) is 0.385. The smallest absolute Gasteiger partial charge is 0.243 e. The fourth-order valence-electron chi connectivity index (χ4n) is 1.75. The van der Waals surface area contributed by atoms with Crippen LogP contribution in [0.2, 0.25) is 0 Å². The topological polar surface area (TPSA) is 72.6 Å². The van der Waals surface area contributed by atoms with Gasteiger partial charge in [-0.2, -0.15) is 4.31 Å². The molecule has 106 valence electrons. The molecule has 0 fully saturated rings. The second kappa shape index (κ2) is 6.70. The van der Waals surface area contributed by atoms with Crippen molar-refractivity contribution < 1.29 is 13.2 Å². The first-order valence-corrected chi connectivity index (χ1v) is 7.33. The van der Waals surface area contributed by atoms with Crippen LogP contribution in [-0.4, -0.2) is 39.5 Å². The van der Waals surface area contributed by atoms with E-state index in [0.717, 1.165) is 0 Å². The minimum absolute atomic E-state index is 0.246. The van der Waals surface area contributed by atoms with Gasteiger partial charge in [-0.25, -0.2) is 8.42 Å². The standard InChI is InChI=1S/C13H20N2O3S/c1-4-7-15(8-9-18-3)19(16,17)13-6-5-12(14)10-11(13)2/h4-6,10H,1,7-9,14H2,2-3H3. The van der Waals surface area contributed by atoms with E-state index in [0.29, 0.717) is 17.9 Å². The van der Waals surface area contributed by atoms with E-state index in [1.54, 1.807) is 25.1 Å². The van der Waals surface area contributed by atoms with Gasteiger partial charge in [-0.05, 0) is 30.7 Å². The molecule has 0 spiro atoms. The number of nitrogen functional groups attached to an aromatic ring is 1. The summed E-state index contributed by atoms with van der Waals surface area (Å²) in [4.78, 5) is 0.264. The third kappa shape index (κ3) is 3.79. The fourth-order valence-corrected chi connectivity index (χ4v) is 3.35. The summed E-state index contributed by atoms with van der Waals surface area (Å²) in [6, 6.07) is 4.76. The van der Waals surface area contributed by atoms with E-state index >= 15 is 0 Å². The summed E-state index contributed by atoms with van der Waals surface area (Å²) in [7, 11) is -2.02. The van der Waals surface area contributed by atoms with Crippen LogP contribution in [0.15, 0.2) is 35.7 Å². The summed E-state index contributed by atoms with van der Waals surface area (Å²) in [6.07, 6.45) is 1.56. The van der Waals surface area contributed by atoms with Crippen molar-refractivity contribution in [2.24, 2.45) is 0 Å². The highest BCUT2D eigenvalue weighted by Gasteiger charge is 2.24. The number of nitrogens with zero attached hydrogens (tertiary/aromatic N) is 1. The highest BCUT2D eigenvalue weighted by Crippen LogP contribution is 2.21. The maximum Gasteiger partial charge on any atom is 0.243 e. The third-order valence-corrected chi connectivity index (χ3v) is 4.72. The number of nitrogens with two attached hydrogens (primary N) is 1. The second-order valence-electron chi connectivity index (χ2n) is 4.17. The molecule has 0 aliphatic heterocycles. The second-order valence-corrected chi connectivity index (χ2v) is 6.08. The average molecular weight is 284 g/mol. The van der Waals surface area contributed by atoms with Gasteiger partial charge in [0.1, 0.15) is 0 Å². The maximum absolute atomic E-state index is 12.5. The first-order chi connectivity index (χ1) is 8.93. The molecular formula is C13H20N2O3S. The molecule has 1 aromatic rings. The molecule has 1 rings (SSSR count). The molecule has 0 aliphatic carbocycles. The van der Waals surface area contributed by atoms with Crippen LogP contribution in [0.3, 0.4) is 0 Å². The van der Waals surface area contributed by atoms with Crippen molar-refractivity contribution >= 4 is 15.7 Å². The molecule has 2 N–H and O–H groups in total. The lowest BCUT2D eigenvalue weighted by Crippen LogP contribution is -2.34. The quantitative estimate of drug-likeness (QED) is 0.607. The van der Waals surface area contributed by atoms with Gasteiger partial charge >= 0.3 is 0 Å². The van der Waals surface area contributed by atoms with E-state index in [1.807, 2.05) is 0 Å². The molecule has 0 aliphatic rings. The van der Waals surface area contributed by atoms with E-state index in [-0.39, 0.29) is 18.0 Å². The molecule has 0 bridgehead atoms. The van der Waals surface area contributed by atoms with Crippen LogP contribution in [0.1, 0.15) is 5.56 Å². The molecule has 0 amide bonds. The number of hydrogen-bond donors (Lipinski definition) is 1. The normalized spacial score (nSPS) is 11.7. The Kier molecular flexibility index (Phi) is 5.53. The highest BCUT2D eigenvalue weighted by molar-refractivity contribution is 7.89. The number of methoxy groups -OCH3 is 1.